The minimum absolute atomic E-state index is 0.476. The van der Waals surface area contributed by atoms with E-state index < -0.39 is 14.8 Å². The lowest BCUT2D eigenvalue weighted by Crippen LogP contribution is -2.30. The van der Waals surface area contributed by atoms with Gasteiger partial charge >= 0.3 is 14.8 Å². The van der Waals surface area contributed by atoms with E-state index in [2.05, 4.69) is 12.1 Å². The Hall–Kier alpha value is -1.12. The molecule has 0 saturated heterocycles. The maximum Gasteiger partial charge on any atom is 0.433 e. The fourth-order valence-corrected chi connectivity index (χ4v) is 1.97. The number of thioether (sulfide) groups is 1. The summed E-state index contributed by atoms with van der Waals surface area (Å²) in [5, 5.41) is 8.24. The molecular formula is C12H12BrNO4S. The van der Waals surface area contributed by atoms with Gasteiger partial charge < -0.3 is 12.8 Å². The molecule has 0 unspecified atom stereocenters. The minimum atomic E-state index is -3.40. The third-order valence-corrected chi connectivity index (χ3v) is 2.94. The molecule has 1 heterocycles. The standard InChI is InChI=1S/C12H11NOS.BrHO3/c13-12(11-7-4-8-14-11)15-9-10-5-2-1-3-6-10;2-1(3)4/h1-8,13H,9H2;2H. The molecule has 0 bridgehead atoms. The molecule has 102 valence electrons. The van der Waals surface area contributed by atoms with E-state index in [1.807, 2.05) is 18.2 Å². The molecule has 1 aromatic heterocycles. The highest BCUT2D eigenvalue weighted by Gasteiger charge is 2.04. The number of furan rings is 1. The summed E-state index contributed by atoms with van der Waals surface area (Å²) in [7, 11) is 0. The van der Waals surface area contributed by atoms with Gasteiger partial charge in [0.15, 0.2) is 5.76 Å². The highest BCUT2D eigenvalue weighted by Crippen LogP contribution is 2.17. The van der Waals surface area contributed by atoms with Crippen LogP contribution in [0.5, 0.6) is 0 Å². The first kappa shape index (κ1) is 15.9. The van der Waals surface area contributed by atoms with Crippen LogP contribution in [0.4, 0.5) is 0 Å². The zero-order valence-corrected chi connectivity index (χ0v) is 12.2. The van der Waals surface area contributed by atoms with Gasteiger partial charge in [0, 0.05) is 5.75 Å². The van der Waals surface area contributed by atoms with Crippen LogP contribution in [-0.4, -0.2) is 9.24 Å². The van der Waals surface area contributed by atoms with Crippen LogP contribution >= 0.6 is 11.8 Å². The highest BCUT2D eigenvalue weighted by molar-refractivity contribution is 8.13. The summed E-state index contributed by atoms with van der Waals surface area (Å²) in [4.78, 5) is 0. The van der Waals surface area contributed by atoms with E-state index in [0.29, 0.717) is 10.8 Å². The van der Waals surface area contributed by atoms with Gasteiger partial charge in [-0.1, -0.05) is 42.1 Å². The number of benzene rings is 1. The van der Waals surface area contributed by atoms with E-state index >= 15 is 0 Å². The second-order valence-corrected chi connectivity index (χ2v) is 5.11. The Bertz CT molecular complexity index is 473. The average Bonchev–Trinajstić information content (AvgIpc) is 2.90. The van der Waals surface area contributed by atoms with Crippen LogP contribution in [-0.2, 0) is 5.75 Å². The summed E-state index contributed by atoms with van der Waals surface area (Å²) in [6.07, 6.45) is 1.59. The Balaban J connectivity index is 0.000000399. The molecular weight excluding hydrogens is 334 g/mol. The van der Waals surface area contributed by atoms with Gasteiger partial charge in [-0.05, 0) is 21.9 Å². The lowest BCUT2D eigenvalue weighted by atomic mass is 10.2. The van der Waals surface area contributed by atoms with Gasteiger partial charge in [-0.15, -0.1) is 0 Å². The van der Waals surface area contributed by atoms with Crippen LogP contribution < -0.4 is 8.40 Å². The Morgan fingerprint density at radius 1 is 1.21 bits per heavy atom. The fourth-order valence-electron chi connectivity index (χ4n) is 1.21. The van der Waals surface area contributed by atoms with Crippen molar-refractivity contribution in [1.82, 2.24) is 0 Å². The van der Waals surface area contributed by atoms with Crippen molar-refractivity contribution >= 4 is 16.8 Å². The smallest absolute Gasteiger partial charge is 0.433 e. The molecule has 7 heteroatoms. The van der Waals surface area contributed by atoms with E-state index in [0.717, 1.165) is 5.75 Å². The van der Waals surface area contributed by atoms with E-state index in [9.17, 15) is 0 Å². The number of rotatable bonds is 3. The first-order valence-electron chi connectivity index (χ1n) is 5.13. The van der Waals surface area contributed by atoms with Crippen LogP contribution in [0.2, 0.25) is 0 Å². The molecule has 0 radical (unpaired) electrons. The van der Waals surface area contributed by atoms with Gasteiger partial charge in [-0.3, -0.25) is 5.41 Å². The minimum Gasteiger partial charge on any atom is -0.462 e. The monoisotopic (exact) mass is 345 g/mol. The largest absolute Gasteiger partial charge is 0.462 e. The average molecular weight is 346 g/mol. The van der Waals surface area contributed by atoms with E-state index in [4.69, 9.17) is 22.4 Å². The number of hydrogen-bond donors (Lipinski definition) is 2. The number of halogens is 1. The highest BCUT2D eigenvalue weighted by atomic mass is 80.0. The maximum absolute atomic E-state index is 8.63. The SMILES string of the molecule is N=C(SCc1ccccc1)c1ccco1.[O-][Br+2]([O-])O. The summed E-state index contributed by atoms with van der Waals surface area (Å²) in [6, 6.07) is 13.7. The molecule has 0 atom stereocenters. The molecule has 0 spiro atoms. The molecule has 1 aromatic carbocycles. The van der Waals surface area contributed by atoms with Crippen molar-refractivity contribution in [3.05, 3.63) is 60.1 Å². The molecule has 0 aliphatic carbocycles. The Morgan fingerprint density at radius 3 is 2.37 bits per heavy atom. The number of nitrogens with one attached hydrogen (secondary N) is 1. The molecule has 19 heavy (non-hydrogen) atoms. The molecule has 0 fully saturated rings. The molecule has 2 aromatic rings. The zero-order chi connectivity index (χ0) is 14.1. The van der Waals surface area contributed by atoms with Crippen molar-refractivity contribution in [2.45, 2.75) is 5.75 Å². The first-order valence-corrected chi connectivity index (χ1v) is 8.12. The van der Waals surface area contributed by atoms with Crippen molar-refractivity contribution in [3.8, 4) is 0 Å². The van der Waals surface area contributed by atoms with Gasteiger partial charge in [0.25, 0.3) is 0 Å². The van der Waals surface area contributed by atoms with Crippen molar-refractivity contribution < 1.29 is 31.8 Å². The zero-order valence-electron chi connectivity index (χ0n) is 9.78. The Morgan fingerprint density at radius 2 is 1.84 bits per heavy atom. The summed E-state index contributed by atoms with van der Waals surface area (Å²) in [5.41, 5.74) is 1.22. The molecule has 2 rings (SSSR count). The predicted molar refractivity (Wildman–Crippen MR) is 65.5 cm³/mol. The third-order valence-electron chi connectivity index (χ3n) is 1.97. The van der Waals surface area contributed by atoms with Crippen LogP contribution in [0.25, 0.3) is 0 Å². The van der Waals surface area contributed by atoms with Gasteiger partial charge in [0.05, 0.1) is 6.26 Å². The molecule has 0 amide bonds. The van der Waals surface area contributed by atoms with E-state index in [1.54, 1.807) is 18.4 Å². The van der Waals surface area contributed by atoms with Crippen LogP contribution in [0.1, 0.15) is 11.3 Å². The van der Waals surface area contributed by atoms with Crippen molar-refractivity contribution in [1.29, 1.82) is 5.41 Å². The van der Waals surface area contributed by atoms with Gasteiger partial charge in [-0.2, -0.15) is 0 Å². The van der Waals surface area contributed by atoms with Crippen LogP contribution in [0, 0.1) is 20.2 Å². The second-order valence-electron chi connectivity index (χ2n) is 3.28. The Labute approximate surface area is 120 Å². The molecule has 0 aliphatic heterocycles. The molecule has 0 aliphatic rings. The normalized spacial score (nSPS) is 9.89. The quantitative estimate of drug-likeness (QED) is 0.626. The van der Waals surface area contributed by atoms with E-state index in [-0.39, 0.29) is 0 Å². The first-order chi connectivity index (χ1) is 9.09. The van der Waals surface area contributed by atoms with Gasteiger partial charge in [0.1, 0.15) is 5.04 Å². The van der Waals surface area contributed by atoms with Gasteiger partial charge in [0.2, 0.25) is 0 Å². The summed E-state index contributed by atoms with van der Waals surface area (Å²) >= 11 is -1.92. The Kier molecular flexibility index (Phi) is 7.46. The summed E-state index contributed by atoms with van der Waals surface area (Å²) < 4.78 is 29.5. The number of hydrogen-bond acceptors (Lipinski definition) is 6. The van der Waals surface area contributed by atoms with Crippen LogP contribution in [0.3, 0.4) is 0 Å². The molecule has 0 saturated carbocycles. The predicted octanol–water partition coefficient (Wildman–Crippen LogP) is 0.603. The maximum atomic E-state index is 8.63. The van der Waals surface area contributed by atoms with Crippen molar-refractivity contribution in [3.63, 3.8) is 0 Å². The van der Waals surface area contributed by atoms with Crippen molar-refractivity contribution in [2.24, 2.45) is 0 Å². The molecule has 2 N–H and O–H groups in total. The lowest BCUT2D eigenvalue weighted by molar-refractivity contribution is -1.63. The second kappa shape index (κ2) is 8.89. The third kappa shape index (κ3) is 7.14. The van der Waals surface area contributed by atoms with E-state index in [1.165, 1.54) is 17.3 Å². The topological polar surface area (TPSA) is 103 Å². The van der Waals surface area contributed by atoms with Crippen LogP contribution in [0.15, 0.2) is 53.1 Å². The van der Waals surface area contributed by atoms with Crippen molar-refractivity contribution in [2.75, 3.05) is 0 Å². The summed E-state index contributed by atoms with van der Waals surface area (Å²) in [5.74, 6) is 1.44. The van der Waals surface area contributed by atoms with Gasteiger partial charge in [-0.25, -0.2) is 0 Å². The lowest BCUT2D eigenvalue weighted by Gasteiger charge is -2.00. The molecule has 5 nitrogen and oxygen atoms in total. The fraction of sp³-hybridized carbons (Fsp3) is 0.0833. The summed E-state index contributed by atoms with van der Waals surface area (Å²) in [6.45, 7) is 0.